The Labute approximate surface area is 137 Å². The number of ketones is 1. The molecule has 0 aliphatic heterocycles. The predicted molar refractivity (Wildman–Crippen MR) is 92.7 cm³/mol. The summed E-state index contributed by atoms with van der Waals surface area (Å²) in [5.74, 6) is 0.0654. The van der Waals surface area contributed by atoms with Crippen LogP contribution < -0.4 is 5.32 Å². The van der Waals surface area contributed by atoms with Crippen molar-refractivity contribution in [2.24, 2.45) is 0 Å². The minimum atomic E-state index is -0.701. The highest BCUT2D eigenvalue weighted by molar-refractivity contribution is 6.08. The monoisotopic (exact) mass is 315 g/mol. The molecule has 0 aromatic heterocycles. The van der Waals surface area contributed by atoms with E-state index in [0.717, 1.165) is 22.8 Å². The van der Waals surface area contributed by atoms with Crippen LogP contribution in [0, 0.1) is 0 Å². The molecule has 124 valence electrons. The standard InChI is InChI=1S/C19H25NO3/c1-2-11-19(13-21,14-22)20-12-10-18(23)17-9-5-7-15-6-3-4-8-16(15)17/h3-9,20-22H,2,10-14H2,1H3. The van der Waals surface area contributed by atoms with Crippen LogP contribution in [0.15, 0.2) is 42.5 Å². The fourth-order valence-electron chi connectivity index (χ4n) is 2.93. The Morgan fingerprint density at radius 2 is 1.78 bits per heavy atom. The number of aliphatic hydroxyl groups excluding tert-OH is 2. The van der Waals surface area contributed by atoms with Gasteiger partial charge in [0.05, 0.1) is 18.8 Å². The van der Waals surface area contributed by atoms with Crippen molar-refractivity contribution in [1.29, 1.82) is 0 Å². The molecule has 0 radical (unpaired) electrons. The number of hydrogen-bond acceptors (Lipinski definition) is 4. The second-order valence-electron chi connectivity index (χ2n) is 5.97. The summed E-state index contributed by atoms with van der Waals surface area (Å²) >= 11 is 0. The van der Waals surface area contributed by atoms with E-state index in [-0.39, 0.29) is 19.0 Å². The fourth-order valence-corrected chi connectivity index (χ4v) is 2.93. The minimum absolute atomic E-state index is 0.0654. The van der Waals surface area contributed by atoms with Crippen LogP contribution in [0.25, 0.3) is 10.8 Å². The topological polar surface area (TPSA) is 69.6 Å². The van der Waals surface area contributed by atoms with Gasteiger partial charge in [-0.25, -0.2) is 0 Å². The lowest BCUT2D eigenvalue weighted by Gasteiger charge is -2.30. The van der Waals surface area contributed by atoms with Crippen molar-refractivity contribution >= 4 is 16.6 Å². The van der Waals surface area contributed by atoms with E-state index in [0.29, 0.717) is 19.4 Å². The predicted octanol–water partition coefficient (Wildman–Crippen LogP) is 2.53. The van der Waals surface area contributed by atoms with Gasteiger partial charge in [0.15, 0.2) is 5.78 Å². The third-order valence-electron chi connectivity index (χ3n) is 4.28. The maximum absolute atomic E-state index is 12.5. The molecule has 0 spiro atoms. The molecule has 0 fully saturated rings. The van der Waals surface area contributed by atoms with Crippen molar-refractivity contribution in [1.82, 2.24) is 5.32 Å². The average Bonchev–Trinajstić information content (AvgIpc) is 2.60. The van der Waals surface area contributed by atoms with Gasteiger partial charge >= 0.3 is 0 Å². The SMILES string of the molecule is CCCC(CO)(CO)NCCC(=O)c1cccc2ccccc12. The first-order valence-electron chi connectivity index (χ1n) is 8.13. The molecule has 23 heavy (non-hydrogen) atoms. The molecule has 0 saturated carbocycles. The lowest BCUT2D eigenvalue weighted by Crippen LogP contribution is -2.52. The normalized spacial score (nSPS) is 11.8. The first-order valence-corrected chi connectivity index (χ1v) is 8.13. The number of rotatable bonds is 9. The van der Waals surface area contributed by atoms with E-state index in [1.807, 2.05) is 49.4 Å². The summed E-state index contributed by atoms with van der Waals surface area (Å²) in [7, 11) is 0. The lowest BCUT2D eigenvalue weighted by molar-refractivity contribution is 0.0803. The number of aliphatic hydroxyl groups is 2. The molecule has 3 N–H and O–H groups in total. The number of hydrogen-bond donors (Lipinski definition) is 3. The molecule has 0 atom stereocenters. The summed E-state index contributed by atoms with van der Waals surface area (Å²) < 4.78 is 0. The number of carbonyl (C=O) groups is 1. The fraction of sp³-hybridized carbons (Fsp3) is 0.421. The highest BCUT2D eigenvalue weighted by atomic mass is 16.3. The van der Waals surface area contributed by atoms with Crippen molar-refractivity contribution in [2.45, 2.75) is 31.7 Å². The van der Waals surface area contributed by atoms with Crippen LogP contribution in [0.4, 0.5) is 0 Å². The zero-order chi connectivity index (χ0) is 16.7. The molecule has 4 nitrogen and oxygen atoms in total. The Morgan fingerprint density at radius 1 is 1.09 bits per heavy atom. The largest absolute Gasteiger partial charge is 0.394 e. The van der Waals surface area contributed by atoms with Crippen LogP contribution in [0.3, 0.4) is 0 Å². The van der Waals surface area contributed by atoms with Crippen LogP contribution in [-0.4, -0.2) is 41.3 Å². The quantitative estimate of drug-likeness (QED) is 0.622. The number of Topliss-reactive ketones (excluding diaryl/α,β-unsaturated/α-hetero) is 1. The van der Waals surface area contributed by atoms with Gasteiger partial charge in [-0.15, -0.1) is 0 Å². The zero-order valence-electron chi connectivity index (χ0n) is 13.6. The van der Waals surface area contributed by atoms with E-state index in [4.69, 9.17) is 0 Å². The summed E-state index contributed by atoms with van der Waals surface area (Å²) in [5.41, 5.74) is 0.0207. The van der Waals surface area contributed by atoms with Crippen molar-refractivity contribution < 1.29 is 15.0 Å². The van der Waals surface area contributed by atoms with Gasteiger partial charge in [-0.05, 0) is 17.2 Å². The first kappa shape index (κ1) is 17.6. The van der Waals surface area contributed by atoms with Gasteiger partial charge in [-0.2, -0.15) is 0 Å². The van der Waals surface area contributed by atoms with Gasteiger partial charge in [-0.3, -0.25) is 4.79 Å². The maximum atomic E-state index is 12.5. The molecule has 0 saturated heterocycles. The van der Waals surface area contributed by atoms with Gasteiger partial charge in [0.1, 0.15) is 0 Å². The molecule has 0 aliphatic carbocycles. The molecule has 0 aliphatic rings. The van der Waals surface area contributed by atoms with Crippen molar-refractivity contribution in [3.63, 3.8) is 0 Å². The zero-order valence-corrected chi connectivity index (χ0v) is 13.6. The first-order chi connectivity index (χ1) is 11.2. The van der Waals surface area contributed by atoms with E-state index in [9.17, 15) is 15.0 Å². The van der Waals surface area contributed by atoms with Crippen LogP contribution in [0.2, 0.25) is 0 Å². The van der Waals surface area contributed by atoms with E-state index in [1.54, 1.807) is 0 Å². The van der Waals surface area contributed by atoms with Gasteiger partial charge < -0.3 is 15.5 Å². The molecule has 0 unspecified atom stereocenters. The Hall–Kier alpha value is -1.75. The van der Waals surface area contributed by atoms with Crippen molar-refractivity contribution in [3.8, 4) is 0 Å². The van der Waals surface area contributed by atoms with Crippen molar-refractivity contribution in [2.75, 3.05) is 19.8 Å². The molecule has 2 aromatic carbocycles. The Kier molecular flexibility index (Phi) is 6.28. The highest BCUT2D eigenvalue weighted by Crippen LogP contribution is 2.20. The van der Waals surface area contributed by atoms with E-state index < -0.39 is 5.54 Å². The van der Waals surface area contributed by atoms with Gasteiger partial charge in [-0.1, -0.05) is 55.8 Å². The number of nitrogens with one attached hydrogen (secondary N) is 1. The molecule has 2 aromatic rings. The third kappa shape index (κ3) is 4.16. The van der Waals surface area contributed by atoms with Crippen LogP contribution in [0.5, 0.6) is 0 Å². The smallest absolute Gasteiger partial charge is 0.164 e. The van der Waals surface area contributed by atoms with Gasteiger partial charge in [0.2, 0.25) is 0 Å². The van der Waals surface area contributed by atoms with E-state index in [2.05, 4.69) is 5.32 Å². The highest BCUT2D eigenvalue weighted by Gasteiger charge is 2.27. The van der Waals surface area contributed by atoms with Crippen LogP contribution in [0.1, 0.15) is 36.5 Å². The lowest BCUT2D eigenvalue weighted by atomic mass is 9.95. The summed E-state index contributed by atoms with van der Waals surface area (Å²) in [4.78, 5) is 12.5. The summed E-state index contributed by atoms with van der Waals surface area (Å²) in [5, 5.41) is 24.2. The van der Waals surface area contributed by atoms with Crippen molar-refractivity contribution in [3.05, 3.63) is 48.0 Å². The molecule has 0 bridgehead atoms. The van der Waals surface area contributed by atoms with Crippen LogP contribution in [-0.2, 0) is 0 Å². The summed E-state index contributed by atoms with van der Waals surface area (Å²) in [6, 6.07) is 13.6. The molecule has 4 heteroatoms. The second-order valence-corrected chi connectivity index (χ2v) is 5.97. The summed E-state index contributed by atoms with van der Waals surface area (Å²) in [6.45, 7) is 2.16. The Bertz CT molecular complexity index is 645. The third-order valence-corrected chi connectivity index (χ3v) is 4.28. The molecular weight excluding hydrogens is 290 g/mol. The summed E-state index contributed by atoms with van der Waals surface area (Å²) in [6.07, 6.45) is 1.85. The van der Waals surface area contributed by atoms with E-state index in [1.165, 1.54) is 0 Å². The molecule has 2 rings (SSSR count). The number of fused-ring (bicyclic) bond motifs is 1. The Balaban J connectivity index is 2.04. The minimum Gasteiger partial charge on any atom is -0.394 e. The molecule has 0 heterocycles. The van der Waals surface area contributed by atoms with Gasteiger partial charge in [0.25, 0.3) is 0 Å². The Morgan fingerprint density at radius 3 is 2.48 bits per heavy atom. The second kappa shape index (κ2) is 8.20. The number of benzene rings is 2. The molecular formula is C19H25NO3. The average molecular weight is 315 g/mol. The molecule has 0 amide bonds. The van der Waals surface area contributed by atoms with Gasteiger partial charge in [0, 0.05) is 18.5 Å². The maximum Gasteiger partial charge on any atom is 0.164 e. The number of carbonyl (C=O) groups excluding carboxylic acids is 1. The van der Waals surface area contributed by atoms with Crippen LogP contribution >= 0.6 is 0 Å². The van der Waals surface area contributed by atoms with E-state index >= 15 is 0 Å².